The zero-order chi connectivity index (χ0) is 10.9. The van der Waals surface area contributed by atoms with Gasteiger partial charge in [0, 0.05) is 16.5 Å². The Kier molecular flexibility index (Phi) is 3.86. The van der Waals surface area contributed by atoms with Crippen LogP contribution in [0.4, 0.5) is 4.39 Å². The largest absolute Gasteiger partial charge is 0.276 e. The third-order valence-electron chi connectivity index (χ3n) is 1.78. The number of halogens is 4. The summed E-state index contributed by atoms with van der Waals surface area (Å²) < 4.78 is 13.2. The molecule has 0 spiro atoms. The summed E-state index contributed by atoms with van der Waals surface area (Å²) in [6.07, 6.45) is 0.138. The standard InChI is InChI=1S/C8H4BrCl2FO2/c9-6-3(7(10)13)1-2-4(12)5(6)8(11)14/h1-2H2. The molecule has 0 aromatic carbocycles. The summed E-state index contributed by atoms with van der Waals surface area (Å²) in [5.41, 5.74) is -0.126. The molecule has 0 aromatic rings. The van der Waals surface area contributed by atoms with Gasteiger partial charge in [-0.2, -0.15) is 0 Å². The van der Waals surface area contributed by atoms with Crippen LogP contribution >= 0.6 is 39.1 Å². The van der Waals surface area contributed by atoms with Crippen molar-refractivity contribution in [2.45, 2.75) is 12.8 Å². The smallest absolute Gasteiger partial charge is 0.256 e. The molecule has 1 aliphatic carbocycles. The molecular formula is C8H4BrCl2FO2. The fraction of sp³-hybridized carbons (Fsp3) is 0.250. The van der Waals surface area contributed by atoms with Gasteiger partial charge in [0.15, 0.2) is 0 Å². The summed E-state index contributed by atoms with van der Waals surface area (Å²) in [4.78, 5) is 21.7. The minimum absolute atomic E-state index is 0.0311. The normalized spacial score (nSPS) is 17.4. The van der Waals surface area contributed by atoms with Crippen LogP contribution in [-0.4, -0.2) is 10.5 Å². The first-order valence-electron chi connectivity index (χ1n) is 3.62. The molecule has 0 unspecified atom stereocenters. The van der Waals surface area contributed by atoms with Crippen molar-refractivity contribution in [2.24, 2.45) is 0 Å². The molecule has 0 bridgehead atoms. The Labute approximate surface area is 97.9 Å². The Morgan fingerprint density at radius 1 is 1.21 bits per heavy atom. The minimum atomic E-state index is -0.940. The lowest BCUT2D eigenvalue weighted by Crippen LogP contribution is -2.09. The second-order valence-corrected chi connectivity index (χ2v) is 4.10. The van der Waals surface area contributed by atoms with Gasteiger partial charge < -0.3 is 0 Å². The van der Waals surface area contributed by atoms with Crippen LogP contribution in [0, 0.1) is 0 Å². The van der Waals surface area contributed by atoms with Gasteiger partial charge in [-0.05, 0) is 45.6 Å². The van der Waals surface area contributed by atoms with Crippen LogP contribution in [0.15, 0.2) is 21.5 Å². The maximum Gasteiger partial charge on any atom is 0.256 e. The van der Waals surface area contributed by atoms with Crippen molar-refractivity contribution in [1.29, 1.82) is 0 Å². The fourth-order valence-corrected chi connectivity index (χ4v) is 2.50. The molecule has 0 saturated carbocycles. The summed E-state index contributed by atoms with van der Waals surface area (Å²) in [5.74, 6) is -0.626. The number of carbonyl (C=O) groups is 2. The Morgan fingerprint density at radius 2 is 1.79 bits per heavy atom. The van der Waals surface area contributed by atoms with Gasteiger partial charge in [0.05, 0.1) is 5.57 Å². The van der Waals surface area contributed by atoms with E-state index in [2.05, 4.69) is 15.9 Å². The first kappa shape index (κ1) is 11.9. The molecule has 1 aliphatic rings. The summed E-state index contributed by atoms with van der Waals surface area (Å²) in [6, 6.07) is 0. The SMILES string of the molecule is O=C(Cl)C1=C(Br)C(C(=O)Cl)=C(F)CC1. The number of allylic oxidation sites excluding steroid dienone is 4. The third kappa shape index (κ3) is 2.24. The fourth-order valence-electron chi connectivity index (χ4n) is 1.12. The van der Waals surface area contributed by atoms with Crippen molar-refractivity contribution >= 4 is 49.6 Å². The molecule has 0 atom stereocenters. The first-order chi connectivity index (χ1) is 6.45. The van der Waals surface area contributed by atoms with Gasteiger partial charge in [0.1, 0.15) is 5.83 Å². The lowest BCUT2D eigenvalue weighted by atomic mass is 10.00. The molecule has 0 heterocycles. The van der Waals surface area contributed by atoms with E-state index in [4.69, 9.17) is 23.2 Å². The van der Waals surface area contributed by atoms with Crippen LogP contribution in [0.5, 0.6) is 0 Å². The van der Waals surface area contributed by atoms with Crippen molar-refractivity contribution < 1.29 is 14.0 Å². The lowest BCUT2D eigenvalue weighted by Gasteiger charge is -2.14. The zero-order valence-corrected chi connectivity index (χ0v) is 9.84. The topological polar surface area (TPSA) is 34.1 Å². The summed E-state index contributed by atoms with van der Waals surface area (Å²) in [5, 5.41) is -1.65. The van der Waals surface area contributed by atoms with Gasteiger partial charge in [-0.25, -0.2) is 4.39 Å². The maximum atomic E-state index is 13.1. The summed E-state index contributed by atoms with van der Waals surface area (Å²) >= 11 is 13.3. The molecule has 6 heteroatoms. The monoisotopic (exact) mass is 300 g/mol. The van der Waals surface area contributed by atoms with Crippen LogP contribution < -0.4 is 0 Å². The highest BCUT2D eigenvalue weighted by Gasteiger charge is 2.27. The minimum Gasteiger partial charge on any atom is -0.276 e. The van der Waals surface area contributed by atoms with Gasteiger partial charge in [-0.3, -0.25) is 9.59 Å². The van der Waals surface area contributed by atoms with Crippen molar-refractivity contribution in [1.82, 2.24) is 0 Å². The average Bonchev–Trinajstić information content (AvgIpc) is 2.02. The van der Waals surface area contributed by atoms with E-state index in [0.717, 1.165) is 0 Å². The van der Waals surface area contributed by atoms with Gasteiger partial charge in [-0.15, -0.1) is 0 Å². The van der Waals surface area contributed by atoms with Crippen LogP contribution in [0.3, 0.4) is 0 Å². The molecule has 0 aromatic heterocycles. The van der Waals surface area contributed by atoms with E-state index in [0.29, 0.717) is 0 Å². The lowest BCUT2D eigenvalue weighted by molar-refractivity contribution is -0.108. The summed E-state index contributed by atoms with van der Waals surface area (Å²) in [7, 11) is 0. The van der Waals surface area contributed by atoms with Gasteiger partial charge >= 0.3 is 0 Å². The van der Waals surface area contributed by atoms with Crippen molar-refractivity contribution in [3.8, 4) is 0 Å². The Morgan fingerprint density at radius 3 is 2.21 bits per heavy atom. The van der Waals surface area contributed by atoms with Gasteiger partial charge in [0.2, 0.25) is 5.24 Å². The van der Waals surface area contributed by atoms with E-state index in [9.17, 15) is 14.0 Å². The van der Waals surface area contributed by atoms with E-state index in [1.807, 2.05) is 0 Å². The molecule has 14 heavy (non-hydrogen) atoms. The molecule has 0 fully saturated rings. The average molecular weight is 302 g/mol. The predicted octanol–water partition coefficient (Wildman–Crippen LogP) is 3.18. The van der Waals surface area contributed by atoms with E-state index in [1.165, 1.54) is 0 Å². The molecule has 2 nitrogen and oxygen atoms in total. The van der Waals surface area contributed by atoms with E-state index in [1.54, 1.807) is 0 Å². The second kappa shape index (κ2) is 4.55. The molecule has 0 aliphatic heterocycles. The number of hydrogen-bond acceptors (Lipinski definition) is 2. The number of carbonyl (C=O) groups excluding carboxylic acids is 2. The Hall–Kier alpha value is -0.190. The molecular weight excluding hydrogens is 298 g/mol. The molecule has 1 rings (SSSR count). The number of hydrogen-bond donors (Lipinski definition) is 0. The van der Waals surface area contributed by atoms with Crippen molar-refractivity contribution in [3.63, 3.8) is 0 Å². The Balaban J connectivity index is 3.26. The quantitative estimate of drug-likeness (QED) is 0.734. The highest BCUT2D eigenvalue weighted by atomic mass is 79.9. The zero-order valence-electron chi connectivity index (χ0n) is 6.74. The molecule has 0 saturated heterocycles. The van der Waals surface area contributed by atoms with Crippen LogP contribution in [0.2, 0.25) is 0 Å². The molecule has 0 radical (unpaired) electrons. The maximum absolute atomic E-state index is 13.1. The van der Waals surface area contributed by atoms with Crippen molar-refractivity contribution in [3.05, 3.63) is 21.5 Å². The highest BCUT2D eigenvalue weighted by Crippen LogP contribution is 2.36. The van der Waals surface area contributed by atoms with Crippen LogP contribution in [-0.2, 0) is 9.59 Å². The van der Waals surface area contributed by atoms with Crippen LogP contribution in [0.25, 0.3) is 0 Å². The molecule has 0 N–H and O–H groups in total. The molecule has 76 valence electrons. The van der Waals surface area contributed by atoms with Crippen LogP contribution in [0.1, 0.15) is 12.8 Å². The highest BCUT2D eigenvalue weighted by molar-refractivity contribution is 9.12. The summed E-state index contributed by atoms with van der Waals surface area (Å²) in [6.45, 7) is 0. The first-order valence-corrected chi connectivity index (χ1v) is 5.17. The van der Waals surface area contributed by atoms with Crippen molar-refractivity contribution in [2.75, 3.05) is 0 Å². The Bertz CT molecular complexity index is 374. The van der Waals surface area contributed by atoms with E-state index >= 15 is 0 Å². The van der Waals surface area contributed by atoms with E-state index < -0.39 is 16.3 Å². The third-order valence-corrected chi connectivity index (χ3v) is 3.08. The van der Waals surface area contributed by atoms with Gasteiger partial charge in [-0.1, -0.05) is 0 Å². The second-order valence-electron chi connectivity index (χ2n) is 2.62. The number of rotatable bonds is 2. The van der Waals surface area contributed by atoms with Gasteiger partial charge in [0.25, 0.3) is 5.24 Å². The predicted molar refractivity (Wildman–Crippen MR) is 55.0 cm³/mol. The van der Waals surface area contributed by atoms with E-state index in [-0.39, 0.29) is 28.5 Å². The molecule has 0 amide bonds.